The van der Waals surface area contributed by atoms with Crippen LogP contribution in [-0.2, 0) is 9.59 Å². The Balaban J connectivity index is 2.56. The normalized spacial score (nSPS) is 24.4. The van der Waals surface area contributed by atoms with E-state index in [1.807, 2.05) is 6.92 Å². The molecule has 11 heavy (non-hydrogen) atoms. The first kappa shape index (κ1) is 8.53. The third-order valence-electron chi connectivity index (χ3n) is 1.92. The van der Waals surface area contributed by atoms with Gasteiger partial charge in [-0.3, -0.25) is 9.59 Å². The standard InChI is InChI=1S/C7H10ClNO2/c1-2-9-4-5(7(8)11)3-6(9)10/h5H,2-4H2,1H3/t5-/m1/s1. The molecule has 1 saturated heterocycles. The molecule has 62 valence electrons. The second kappa shape index (κ2) is 3.22. The lowest BCUT2D eigenvalue weighted by Gasteiger charge is -2.11. The van der Waals surface area contributed by atoms with Crippen LogP contribution in [0.4, 0.5) is 0 Å². The van der Waals surface area contributed by atoms with Crippen LogP contribution >= 0.6 is 11.6 Å². The van der Waals surface area contributed by atoms with Crippen LogP contribution in [0.15, 0.2) is 0 Å². The van der Waals surface area contributed by atoms with Gasteiger partial charge >= 0.3 is 0 Å². The van der Waals surface area contributed by atoms with Gasteiger partial charge in [-0.05, 0) is 18.5 Å². The van der Waals surface area contributed by atoms with E-state index in [-0.39, 0.29) is 18.2 Å². The largest absolute Gasteiger partial charge is 0.342 e. The van der Waals surface area contributed by atoms with Crippen LogP contribution in [0.5, 0.6) is 0 Å². The highest BCUT2D eigenvalue weighted by atomic mass is 35.5. The molecule has 1 rings (SSSR count). The van der Waals surface area contributed by atoms with Crippen molar-refractivity contribution in [2.45, 2.75) is 13.3 Å². The molecule has 0 aromatic carbocycles. The summed E-state index contributed by atoms with van der Waals surface area (Å²) in [5.41, 5.74) is 0. The number of halogens is 1. The number of hydrogen-bond donors (Lipinski definition) is 0. The molecule has 0 unspecified atom stereocenters. The third-order valence-corrected chi connectivity index (χ3v) is 2.23. The summed E-state index contributed by atoms with van der Waals surface area (Å²) in [4.78, 5) is 23.3. The maximum Gasteiger partial charge on any atom is 0.227 e. The zero-order chi connectivity index (χ0) is 8.43. The topological polar surface area (TPSA) is 37.4 Å². The molecule has 0 N–H and O–H groups in total. The molecule has 0 aromatic heterocycles. The minimum atomic E-state index is -0.394. The molecule has 1 amide bonds. The Bertz CT molecular complexity index is 193. The molecule has 1 heterocycles. The van der Waals surface area contributed by atoms with Crippen LogP contribution < -0.4 is 0 Å². The molecule has 0 saturated carbocycles. The van der Waals surface area contributed by atoms with Crippen LogP contribution in [-0.4, -0.2) is 29.1 Å². The number of rotatable bonds is 2. The molecule has 0 aliphatic carbocycles. The van der Waals surface area contributed by atoms with Gasteiger partial charge in [0.1, 0.15) is 0 Å². The molecule has 1 atom stereocenters. The average Bonchev–Trinajstić information content (AvgIpc) is 2.31. The average molecular weight is 176 g/mol. The van der Waals surface area contributed by atoms with Crippen molar-refractivity contribution in [1.82, 2.24) is 4.90 Å². The maximum atomic E-state index is 11.0. The van der Waals surface area contributed by atoms with Crippen molar-refractivity contribution in [1.29, 1.82) is 0 Å². The monoisotopic (exact) mass is 175 g/mol. The minimum Gasteiger partial charge on any atom is -0.342 e. The minimum absolute atomic E-state index is 0.0338. The number of nitrogens with zero attached hydrogens (tertiary/aromatic N) is 1. The molecule has 0 radical (unpaired) electrons. The molecule has 4 heteroatoms. The van der Waals surface area contributed by atoms with E-state index in [9.17, 15) is 9.59 Å². The summed E-state index contributed by atoms with van der Waals surface area (Å²) in [5, 5.41) is -0.394. The van der Waals surface area contributed by atoms with E-state index in [0.29, 0.717) is 13.1 Å². The van der Waals surface area contributed by atoms with Crippen molar-refractivity contribution in [3.05, 3.63) is 0 Å². The van der Waals surface area contributed by atoms with Gasteiger partial charge in [0.05, 0.1) is 5.92 Å². The van der Waals surface area contributed by atoms with Crippen LogP contribution in [0, 0.1) is 5.92 Å². The maximum absolute atomic E-state index is 11.0. The predicted molar refractivity (Wildman–Crippen MR) is 41.2 cm³/mol. The van der Waals surface area contributed by atoms with Crippen LogP contribution in [0.2, 0.25) is 0 Å². The van der Waals surface area contributed by atoms with E-state index in [2.05, 4.69) is 0 Å². The Morgan fingerprint density at radius 3 is 2.73 bits per heavy atom. The first-order chi connectivity index (χ1) is 5.15. The number of amides is 1. The highest BCUT2D eigenvalue weighted by Crippen LogP contribution is 2.19. The zero-order valence-electron chi connectivity index (χ0n) is 6.34. The summed E-state index contributed by atoms with van der Waals surface area (Å²) in [7, 11) is 0. The molecule has 3 nitrogen and oxygen atoms in total. The van der Waals surface area contributed by atoms with Crippen molar-refractivity contribution in [3.63, 3.8) is 0 Å². The fraction of sp³-hybridized carbons (Fsp3) is 0.714. The summed E-state index contributed by atoms with van der Waals surface area (Å²) >= 11 is 5.25. The van der Waals surface area contributed by atoms with Gasteiger partial charge in [0.2, 0.25) is 11.1 Å². The Labute approximate surface area is 70.3 Å². The first-order valence-electron chi connectivity index (χ1n) is 3.62. The van der Waals surface area contributed by atoms with Crippen molar-refractivity contribution in [3.8, 4) is 0 Å². The van der Waals surface area contributed by atoms with Gasteiger partial charge in [0.25, 0.3) is 0 Å². The summed E-state index contributed by atoms with van der Waals surface area (Å²) in [6, 6.07) is 0. The van der Waals surface area contributed by atoms with Gasteiger partial charge in [-0.1, -0.05) is 0 Å². The van der Waals surface area contributed by atoms with Gasteiger partial charge in [0, 0.05) is 19.5 Å². The molecule has 0 spiro atoms. The lowest BCUT2D eigenvalue weighted by atomic mass is 10.1. The van der Waals surface area contributed by atoms with E-state index in [4.69, 9.17) is 11.6 Å². The second-order valence-electron chi connectivity index (χ2n) is 2.64. The van der Waals surface area contributed by atoms with Gasteiger partial charge in [-0.2, -0.15) is 0 Å². The number of carbonyl (C=O) groups excluding carboxylic acids is 2. The number of likely N-dealkylation sites (tertiary alicyclic amines) is 1. The Morgan fingerprint density at radius 1 is 1.82 bits per heavy atom. The SMILES string of the molecule is CCN1C[C@H](C(=O)Cl)CC1=O. The molecule has 1 aliphatic rings. The highest BCUT2D eigenvalue weighted by molar-refractivity contribution is 6.64. The molecular formula is C7H10ClNO2. The lowest BCUT2D eigenvalue weighted by molar-refractivity contribution is -0.127. The van der Waals surface area contributed by atoms with Crippen LogP contribution in [0.1, 0.15) is 13.3 Å². The van der Waals surface area contributed by atoms with Crippen molar-refractivity contribution in [2.24, 2.45) is 5.92 Å². The molecule has 0 aromatic rings. The molecule has 1 fully saturated rings. The van der Waals surface area contributed by atoms with E-state index in [1.54, 1.807) is 4.90 Å². The molecule has 0 bridgehead atoms. The Kier molecular flexibility index (Phi) is 2.49. The van der Waals surface area contributed by atoms with Gasteiger partial charge in [0.15, 0.2) is 0 Å². The van der Waals surface area contributed by atoms with Crippen LogP contribution in [0.25, 0.3) is 0 Å². The van der Waals surface area contributed by atoms with E-state index < -0.39 is 5.24 Å². The fourth-order valence-corrected chi connectivity index (χ4v) is 1.38. The van der Waals surface area contributed by atoms with E-state index in [1.165, 1.54) is 0 Å². The zero-order valence-corrected chi connectivity index (χ0v) is 7.10. The fourth-order valence-electron chi connectivity index (χ4n) is 1.23. The lowest BCUT2D eigenvalue weighted by Crippen LogP contribution is -2.25. The first-order valence-corrected chi connectivity index (χ1v) is 4.00. The Morgan fingerprint density at radius 2 is 2.45 bits per heavy atom. The van der Waals surface area contributed by atoms with Gasteiger partial charge < -0.3 is 4.90 Å². The van der Waals surface area contributed by atoms with E-state index >= 15 is 0 Å². The van der Waals surface area contributed by atoms with E-state index in [0.717, 1.165) is 0 Å². The quantitative estimate of drug-likeness (QED) is 0.577. The van der Waals surface area contributed by atoms with Crippen LogP contribution in [0.3, 0.4) is 0 Å². The molecular weight excluding hydrogens is 166 g/mol. The smallest absolute Gasteiger partial charge is 0.227 e. The van der Waals surface area contributed by atoms with Crippen molar-refractivity contribution < 1.29 is 9.59 Å². The van der Waals surface area contributed by atoms with Gasteiger partial charge in [-0.15, -0.1) is 0 Å². The second-order valence-corrected chi connectivity index (χ2v) is 3.01. The predicted octanol–water partition coefficient (Wildman–Crippen LogP) is 0.620. The van der Waals surface area contributed by atoms with Crippen molar-refractivity contribution in [2.75, 3.05) is 13.1 Å². The highest BCUT2D eigenvalue weighted by Gasteiger charge is 2.32. The number of hydrogen-bond acceptors (Lipinski definition) is 2. The number of carbonyl (C=O) groups is 2. The summed E-state index contributed by atoms with van der Waals surface area (Å²) in [6.07, 6.45) is 0.288. The summed E-state index contributed by atoms with van der Waals surface area (Å²) in [6.45, 7) is 3.05. The van der Waals surface area contributed by atoms with Crippen molar-refractivity contribution >= 4 is 22.8 Å². The summed E-state index contributed by atoms with van der Waals surface area (Å²) < 4.78 is 0. The third kappa shape index (κ3) is 1.71. The Hall–Kier alpha value is -0.570. The van der Waals surface area contributed by atoms with Gasteiger partial charge in [-0.25, -0.2) is 0 Å². The summed E-state index contributed by atoms with van der Waals surface area (Å²) in [5.74, 6) is -0.240. The molecule has 1 aliphatic heterocycles.